The van der Waals surface area contributed by atoms with Gasteiger partial charge in [-0.3, -0.25) is 15.6 Å². The first-order valence-electron chi connectivity index (χ1n) is 9.15. The highest BCUT2D eigenvalue weighted by molar-refractivity contribution is 5.82. The van der Waals surface area contributed by atoms with Crippen molar-refractivity contribution in [2.75, 3.05) is 22.6 Å². The number of benzene rings is 1. The summed E-state index contributed by atoms with van der Waals surface area (Å²) in [4.78, 5) is 22.9. The molecule has 0 radical (unpaired) electrons. The molecule has 1 unspecified atom stereocenters. The second kappa shape index (κ2) is 8.51. The number of hydrogen-bond donors (Lipinski definition) is 3. The van der Waals surface area contributed by atoms with Crippen molar-refractivity contribution < 1.29 is 4.79 Å². The summed E-state index contributed by atoms with van der Waals surface area (Å²) < 4.78 is 0. The summed E-state index contributed by atoms with van der Waals surface area (Å²) in [5.41, 5.74) is 13.2. The molecular formula is C19H26N6O. The van der Waals surface area contributed by atoms with Gasteiger partial charge >= 0.3 is 0 Å². The first-order chi connectivity index (χ1) is 12.7. The van der Waals surface area contributed by atoms with Crippen molar-refractivity contribution in [2.45, 2.75) is 45.1 Å². The normalized spacial score (nSPS) is 17.0. The number of nitrogens with zero attached hydrogens (tertiary/aromatic N) is 3. The smallest absolute Gasteiger partial charge is 0.242 e. The molecule has 1 aromatic heterocycles. The molecule has 1 amide bonds. The van der Waals surface area contributed by atoms with Gasteiger partial charge in [-0.15, -0.1) is 0 Å². The lowest BCUT2D eigenvalue weighted by molar-refractivity contribution is -0.119. The lowest BCUT2D eigenvalue weighted by Crippen LogP contribution is -2.40. The average molecular weight is 354 g/mol. The summed E-state index contributed by atoms with van der Waals surface area (Å²) in [6.07, 6.45) is 6.35. The van der Waals surface area contributed by atoms with E-state index in [0.717, 1.165) is 37.2 Å². The van der Waals surface area contributed by atoms with E-state index < -0.39 is 0 Å². The molecule has 4 N–H and O–H groups in total. The molecule has 1 aromatic carbocycles. The number of piperidine rings is 1. The van der Waals surface area contributed by atoms with E-state index in [1.165, 1.54) is 12.7 Å². The Morgan fingerprint density at radius 3 is 2.85 bits per heavy atom. The number of anilines is 3. The highest BCUT2D eigenvalue weighted by Gasteiger charge is 2.25. The van der Waals surface area contributed by atoms with E-state index in [2.05, 4.69) is 32.6 Å². The minimum atomic E-state index is -0.153. The van der Waals surface area contributed by atoms with Gasteiger partial charge in [0.1, 0.15) is 12.0 Å². The summed E-state index contributed by atoms with van der Waals surface area (Å²) in [7, 11) is 0. The molecule has 0 aliphatic carbocycles. The van der Waals surface area contributed by atoms with Crippen LogP contribution in [0.4, 0.5) is 17.3 Å². The highest BCUT2D eigenvalue weighted by atomic mass is 16.2. The van der Waals surface area contributed by atoms with E-state index in [9.17, 15) is 4.79 Å². The second-order valence-corrected chi connectivity index (χ2v) is 6.55. The summed E-state index contributed by atoms with van der Waals surface area (Å²) in [5, 5.41) is 0. The molecule has 0 bridgehead atoms. The second-order valence-electron chi connectivity index (χ2n) is 6.55. The van der Waals surface area contributed by atoms with Crippen molar-refractivity contribution >= 4 is 23.2 Å². The van der Waals surface area contributed by atoms with Crippen LogP contribution in [0, 0.1) is 0 Å². The van der Waals surface area contributed by atoms with Crippen LogP contribution in [0.15, 0.2) is 36.7 Å². The molecule has 138 valence electrons. The molecule has 0 saturated carbocycles. The molecule has 26 heavy (non-hydrogen) atoms. The lowest BCUT2D eigenvalue weighted by atomic mass is 10.00. The molecule has 1 aliphatic heterocycles. The topological polar surface area (TPSA) is 96.2 Å². The SMILES string of the molecule is CCC1CCCCN1c1ncnc(NNC(=O)Cc2ccccc2)c1N. The van der Waals surface area contributed by atoms with Crippen molar-refractivity contribution in [1.29, 1.82) is 0 Å². The Labute approximate surface area is 154 Å². The van der Waals surface area contributed by atoms with Gasteiger partial charge in [0.25, 0.3) is 0 Å². The van der Waals surface area contributed by atoms with Crippen LogP contribution in [0.5, 0.6) is 0 Å². The van der Waals surface area contributed by atoms with Gasteiger partial charge in [0, 0.05) is 12.6 Å². The largest absolute Gasteiger partial charge is 0.393 e. The van der Waals surface area contributed by atoms with Crippen LogP contribution in [-0.2, 0) is 11.2 Å². The number of carbonyl (C=O) groups excluding carboxylic acids is 1. The molecule has 3 rings (SSSR count). The van der Waals surface area contributed by atoms with Gasteiger partial charge in [0.15, 0.2) is 11.6 Å². The van der Waals surface area contributed by atoms with E-state index in [0.29, 0.717) is 17.5 Å². The summed E-state index contributed by atoms with van der Waals surface area (Å²) >= 11 is 0. The van der Waals surface area contributed by atoms with Crippen LogP contribution in [0.25, 0.3) is 0 Å². The van der Waals surface area contributed by atoms with Crippen LogP contribution in [-0.4, -0.2) is 28.5 Å². The molecule has 7 heteroatoms. The highest BCUT2D eigenvalue weighted by Crippen LogP contribution is 2.31. The Morgan fingerprint density at radius 2 is 2.08 bits per heavy atom. The number of nitrogen functional groups attached to an aromatic ring is 1. The fraction of sp³-hybridized carbons (Fsp3) is 0.421. The number of carbonyl (C=O) groups is 1. The van der Waals surface area contributed by atoms with Crippen molar-refractivity contribution in [3.63, 3.8) is 0 Å². The van der Waals surface area contributed by atoms with E-state index in [1.807, 2.05) is 30.3 Å². The van der Waals surface area contributed by atoms with E-state index in [-0.39, 0.29) is 12.3 Å². The predicted molar refractivity (Wildman–Crippen MR) is 104 cm³/mol. The Kier molecular flexibility index (Phi) is 5.88. The zero-order chi connectivity index (χ0) is 18.4. The summed E-state index contributed by atoms with van der Waals surface area (Å²) in [5.74, 6) is 1.02. The third-order valence-electron chi connectivity index (χ3n) is 4.76. The van der Waals surface area contributed by atoms with Gasteiger partial charge in [0.2, 0.25) is 5.91 Å². The fourth-order valence-corrected chi connectivity index (χ4v) is 3.37. The Bertz CT molecular complexity index is 736. The van der Waals surface area contributed by atoms with Crippen LogP contribution in [0.2, 0.25) is 0 Å². The van der Waals surface area contributed by atoms with Gasteiger partial charge in [-0.25, -0.2) is 9.97 Å². The average Bonchev–Trinajstić information content (AvgIpc) is 2.68. The molecule has 7 nitrogen and oxygen atoms in total. The van der Waals surface area contributed by atoms with Crippen LogP contribution >= 0.6 is 0 Å². The number of rotatable bonds is 6. The van der Waals surface area contributed by atoms with E-state index in [1.54, 1.807) is 0 Å². The Hall–Kier alpha value is -2.83. The summed E-state index contributed by atoms with van der Waals surface area (Å²) in [6.45, 7) is 3.13. The van der Waals surface area contributed by atoms with Gasteiger partial charge < -0.3 is 10.6 Å². The molecule has 2 heterocycles. The molecule has 1 saturated heterocycles. The maximum atomic E-state index is 12.1. The quantitative estimate of drug-likeness (QED) is 0.690. The number of aromatic nitrogens is 2. The van der Waals surface area contributed by atoms with E-state index in [4.69, 9.17) is 5.73 Å². The third kappa shape index (κ3) is 4.22. The van der Waals surface area contributed by atoms with Gasteiger partial charge in [-0.2, -0.15) is 0 Å². The number of nitrogens with two attached hydrogens (primary N) is 1. The number of hydrogen-bond acceptors (Lipinski definition) is 6. The lowest BCUT2D eigenvalue weighted by Gasteiger charge is -2.36. The van der Waals surface area contributed by atoms with Crippen molar-refractivity contribution in [3.05, 3.63) is 42.2 Å². The third-order valence-corrected chi connectivity index (χ3v) is 4.76. The Balaban J connectivity index is 1.66. The first-order valence-corrected chi connectivity index (χ1v) is 9.15. The molecule has 1 atom stereocenters. The number of amides is 1. The maximum absolute atomic E-state index is 12.1. The Morgan fingerprint density at radius 1 is 1.27 bits per heavy atom. The summed E-state index contributed by atoms with van der Waals surface area (Å²) in [6, 6.07) is 10.0. The molecular weight excluding hydrogens is 328 g/mol. The zero-order valence-corrected chi connectivity index (χ0v) is 15.1. The van der Waals surface area contributed by atoms with Gasteiger partial charge in [-0.05, 0) is 31.2 Å². The van der Waals surface area contributed by atoms with Gasteiger partial charge in [-0.1, -0.05) is 37.3 Å². The minimum absolute atomic E-state index is 0.153. The number of hydrazine groups is 1. The van der Waals surface area contributed by atoms with Crippen LogP contribution < -0.4 is 21.5 Å². The predicted octanol–water partition coefficient (Wildman–Crippen LogP) is 2.51. The van der Waals surface area contributed by atoms with Crippen molar-refractivity contribution in [3.8, 4) is 0 Å². The van der Waals surface area contributed by atoms with E-state index >= 15 is 0 Å². The van der Waals surface area contributed by atoms with Crippen molar-refractivity contribution in [2.24, 2.45) is 0 Å². The van der Waals surface area contributed by atoms with Gasteiger partial charge in [0.05, 0.1) is 6.42 Å². The zero-order valence-electron chi connectivity index (χ0n) is 15.1. The van der Waals surface area contributed by atoms with Crippen molar-refractivity contribution in [1.82, 2.24) is 15.4 Å². The van der Waals surface area contributed by atoms with Crippen LogP contribution in [0.1, 0.15) is 38.2 Å². The minimum Gasteiger partial charge on any atom is -0.393 e. The molecule has 2 aromatic rings. The maximum Gasteiger partial charge on any atom is 0.242 e. The molecule has 0 spiro atoms. The molecule has 1 fully saturated rings. The first kappa shape index (κ1) is 18.0. The molecule has 1 aliphatic rings. The monoisotopic (exact) mass is 354 g/mol. The fourth-order valence-electron chi connectivity index (χ4n) is 3.37. The number of nitrogens with one attached hydrogen (secondary N) is 2. The standard InChI is InChI=1S/C19H26N6O/c1-2-15-10-6-7-11-25(15)19-17(20)18(21-13-22-19)24-23-16(26)12-14-8-4-3-5-9-14/h3-5,8-9,13,15H,2,6-7,10-12,20H2,1H3,(H,23,26)(H,21,22,24). The van der Waals surface area contributed by atoms with Crippen LogP contribution in [0.3, 0.4) is 0 Å².